The van der Waals surface area contributed by atoms with Crippen LogP contribution in [-0.2, 0) is 0 Å². The van der Waals surface area contributed by atoms with Crippen LogP contribution in [0, 0.1) is 13.8 Å². The first-order valence-corrected chi connectivity index (χ1v) is 9.58. The van der Waals surface area contributed by atoms with E-state index in [1.165, 1.54) is 5.56 Å². The maximum atomic E-state index is 12.6. The highest BCUT2D eigenvalue weighted by Crippen LogP contribution is 2.22. The van der Waals surface area contributed by atoms with E-state index in [-0.39, 0.29) is 11.9 Å². The highest BCUT2D eigenvalue weighted by Gasteiger charge is 2.16. The molecule has 0 aliphatic rings. The number of halogens is 1. The summed E-state index contributed by atoms with van der Waals surface area (Å²) in [7, 11) is 4.02. The molecule has 5 nitrogen and oxygen atoms in total. The van der Waals surface area contributed by atoms with E-state index in [0.717, 1.165) is 17.1 Å². The van der Waals surface area contributed by atoms with Gasteiger partial charge in [0, 0.05) is 12.1 Å². The minimum atomic E-state index is -0.0965. The van der Waals surface area contributed by atoms with Crippen molar-refractivity contribution in [3.8, 4) is 5.69 Å². The molecule has 0 radical (unpaired) electrons. The smallest absolute Gasteiger partial charge is 0.251 e. The summed E-state index contributed by atoms with van der Waals surface area (Å²) in [6.45, 7) is 4.33. The van der Waals surface area contributed by atoms with Gasteiger partial charge < -0.3 is 10.2 Å². The van der Waals surface area contributed by atoms with E-state index in [1.54, 1.807) is 4.68 Å². The van der Waals surface area contributed by atoms with Crippen LogP contribution in [0.1, 0.15) is 33.4 Å². The monoisotopic (exact) mass is 396 g/mol. The molecule has 0 saturated heterocycles. The fourth-order valence-corrected chi connectivity index (χ4v) is 3.31. The zero-order chi connectivity index (χ0) is 20.3. The van der Waals surface area contributed by atoms with Crippen molar-refractivity contribution in [2.75, 3.05) is 20.6 Å². The number of nitrogens with zero attached hydrogens (tertiary/aromatic N) is 3. The molecule has 1 heterocycles. The molecule has 0 saturated carbocycles. The van der Waals surface area contributed by atoms with Crippen molar-refractivity contribution in [3.63, 3.8) is 0 Å². The largest absolute Gasteiger partial charge is 0.350 e. The number of aryl methyl sites for hydroxylation is 1. The van der Waals surface area contributed by atoms with Crippen molar-refractivity contribution >= 4 is 17.5 Å². The molecular weight excluding hydrogens is 372 g/mol. The normalized spacial score (nSPS) is 12.2. The van der Waals surface area contributed by atoms with Crippen molar-refractivity contribution in [2.24, 2.45) is 0 Å². The fraction of sp³-hybridized carbons (Fsp3) is 0.273. The molecule has 3 aromatic rings. The molecule has 0 aliphatic heterocycles. The third-order valence-corrected chi connectivity index (χ3v) is 5.39. The molecule has 28 heavy (non-hydrogen) atoms. The summed E-state index contributed by atoms with van der Waals surface area (Å²) in [4.78, 5) is 14.7. The molecular formula is C22H25ClN4O. The molecule has 1 unspecified atom stereocenters. The Morgan fingerprint density at radius 1 is 1.11 bits per heavy atom. The van der Waals surface area contributed by atoms with Gasteiger partial charge in [-0.15, -0.1) is 0 Å². The summed E-state index contributed by atoms with van der Waals surface area (Å²) in [5.74, 6) is -0.0965. The molecule has 3 rings (SSSR count). The Kier molecular flexibility index (Phi) is 6.17. The van der Waals surface area contributed by atoms with Gasteiger partial charge in [0.05, 0.1) is 28.1 Å². The first kappa shape index (κ1) is 20.1. The SMILES string of the molecule is Cc1nn(-c2ccc(C(=O)NCC(c3ccccc3)N(C)C)cc2)c(C)c1Cl. The topological polar surface area (TPSA) is 50.2 Å². The van der Waals surface area contributed by atoms with Crippen molar-refractivity contribution in [3.05, 3.63) is 82.1 Å². The van der Waals surface area contributed by atoms with Crippen LogP contribution in [0.15, 0.2) is 54.6 Å². The van der Waals surface area contributed by atoms with Gasteiger partial charge >= 0.3 is 0 Å². The van der Waals surface area contributed by atoms with Gasteiger partial charge in [0.2, 0.25) is 0 Å². The summed E-state index contributed by atoms with van der Waals surface area (Å²) in [5.41, 5.74) is 4.33. The van der Waals surface area contributed by atoms with Crippen LogP contribution in [0.4, 0.5) is 0 Å². The second-order valence-electron chi connectivity index (χ2n) is 7.04. The van der Waals surface area contributed by atoms with Gasteiger partial charge in [0.15, 0.2) is 0 Å². The van der Waals surface area contributed by atoms with Gasteiger partial charge in [0.1, 0.15) is 0 Å². The molecule has 1 N–H and O–H groups in total. The van der Waals surface area contributed by atoms with E-state index in [1.807, 2.05) is 70.4 Å². The van der Waals surface area contributed by atoms with Gasteiger partial charge in [-0.1, -0.05) is 41.9 Å². The van der Waals surface area contributed by atoms with Crippen LogP contribution in [0.25, 0.3) is 5.69 Å². The average molecular weight is 397 g/mol. The molecule has 1 aromatic heterocycles. The summed E-state index contributed by atoms with van der Waals surface area (Å²) in [5, 5.41) is 8.15. The summed E-state index contributed by atoms with van der Waals surface area (Å²) >= 11 is 6.23. The molecule has 1 atom stereocenters. The van der Waals surface area contributed by atoms with Gasteiger partial charge in [0.25, 0.3) is 5.91 Å². The highest BCUT2D eigenvalue weighted by molar-refractivity contribution is 6.31. The lowest BCUT2D eigenvalue weighted by molar-refractivity contribution is 0.0942. The Morgan fingerprint density at radius 2 is 1.75 bits per heavy atom. The minimum Gasteiger partial charge on any atom is -0.350 e. The van der Waals surface area contributed by atoms with Gasteiger partial charge in [-0.05, 0) is 57.8 Å². The number of carbonyl (C=O) groups is 1. The second-order valence-corrected chi connectivity index (χ2v) is 7.42. The molecule has 0 fully saturated rings. The van der Waals surface area contributed by atoms with Crippen LogP contribution >= 0.6 is 11.6 Å². The first-order valence-electron chi connectivity index (χ1n) is 9.20. The zero-order valence-electron chi connectivity index (χ0n) is 16.6. The number of hydrogen-bond donors (Lipinski definition) is 1. The highest BCUT2D eigenvalue weighted by atomic mass is 35.5. The van der Waals surface area contributed by atoms with Gasteiger partial charge in [-0.25, -0.2) is 4.68 Å². The number of rotatable bonds is 6. The fourth-order valence-electron chi connectivity index (χ4n) is 3.19. The van der Waals surface area contributed by atoms with Crippen LogP contribution in [0.5, 0.6) is 0 Å². The van der Waals surface area contributed by atoms with Crippen molar-refractivity contribution in [1.82, 2.24) is 20.0 Å². The Bertz CT molecular complexity index is 949. The number of carbonyl (C=O) groups excluding carboxylic acids is 1. The van der Waals surface area contributed by atoms with Crippen molar-refractivity contribution in [1.29, 1.82) is 0 Å². The molecule has 0 bridgehead atoms. The van der Waals surface area contributed by atoms with Crippen LogP contribution < -0.4 is 5.32 Å². The third kappa shape index (κ3) is 4.26. The van der Waals surface area contributed by atoms with E-state index >= 15 is 0 Å². The minimum absolute atomic E-state index is 0.0965. The van der Waals surface area contributed by atoms with Crippen LogP contribution in [-0.4, -0.2) is 41.2 Å². The molecule has 2 aromatic carbocycles. The number of benzene rings is 2. The first-order chi connectivity index (χ1) is 13.4. The summed E-state index contributed by atoms with van der Waals surface area (Å²) in [6, 6.07) is 17.7. The lowest BCUT2D eigenvalue weighted by Gasteiger charge is -2.25. The molecule has 1 amide bonds. The Morgan fingerprint density at radius 3 is 2.29 bits per heavy atom. The number of hydrogen-bond acceptors (Lipinski definition) is 3. The average Bonchev–Trinajstić information content (AvgIpc) is 2.96. The van der Waals surface area contributed by atoms with Crippen molar-refractivity contribution < 1.29 is 4.79 Å². The van der Waals surface area contributed by atoms with Crippen LogP contribution in [0.3, 0.4) is 0 Å². The molecule has 146 valence electrons. The van der Waals surface area contributed by atoms with Gasteiger partial charge in [-0.2, -0.15) is 5.10 Å². The number of aromatic nitrogens is 2. The van der Waals surface area contributed by atoms with E-state index in [2.05, 4.69) is 27.4 Å². The quantitative estimate of drug-likeness (QED) is 0.680. The van der Waals surface area contributed by atoms with E-state index < -0.39 is 0 Å². The van der Waals surface area contributed by atoms with Gasteiger partial charge in [-0.3, -0.25) is 4.79 Å². The molecule has 0 aliphatic carbocycles. The van der Waals surface area contributed by atoms with Crippen molar-refractivity contribution in [2.45, 2.75) is 19.9 Å². The van der Waals surface area contributed by atoms with Crippen LogP contribution in [0.2, 0.25) is 5.02 Å². The molecule has 6 heteroatoms. The number of amides is 1. The predicted molar refractivity (Wildman–Crippen MR) is 113 cm³/mol. The van der Waals surface area contributed by atoms with E-state index in [9.17, 15) is 4.79 Å². The standard InChI is InChI=1S/C22H25ClN4O/c1-15-21(23)16(2)27(25-15)19-12-10-18(11-13-19)22(28)24-14-20(26(3)4)17-8-6-5-7-9-17/h5-13,20H,14H2,1-4H3,(H,24,28). The van der Waals surface area contributed by atoms with E-state index in [0.29, 0.717) is 17.1 Å². The third-order valence-electron chi connectivity index (χ3n) is 4.84. The number of nitrogens with one attached hydrogen (secondary N) is 1. The molecule has 0 spiro atoms. The second kappa shape index (κ2) is 8.59. The Labute approximate surface area is 170 Å². The maximum absolute atomic E-state index is 12.6. The Balaban J connectivity index is 1.70. The summed E-state index contributed by atoms with van der Waals surface area (Å²) in [6.07, 6.45) is 0. The zero-order valence-corrected chi connectivity index (χ0v) is 17.4. The van der Waals surface area contributed by atoms with E-state index in [4.69, 9.17) is 11.6 Å². The lowest BCUT2D eigenvalue weighted by atomic mass is 10.1. The maximum Gasteiger partial charge on any atom is 0.251 e. The number of likely N-dealkylation sites (N-methyl/N-ethyl adjacent to an activating group) is 1. The predicted octanol–water partition coefficient (Wildman–Crippen LogP) is 4.18. The summed E-state index contributed by atoms with van der Waals surface area (Å²) < 4.78 is 1.79. The lowest BCUT2D eigenvalue weighted by Crippen LogP contribution is -2.34. The Hall–Kier alpha value is -2.63.